The molecule has 0 saturated heterocycles. The highest BCUT2D eigenvalue weighted by Crippen LogP contribution is 2.22. The molecule has 0 bridgehead atoms. The molecule has 0 aliphatic carbocycles. The van der Waals surface area contributed by atoms with Gasteiger partial charge in [0.2, 0.25) is 5.91 Å². The van der Waals surface area contributed by atoms with Crippen molar-refractivity contribution >= 4 is 40.5 Å². The summed E-state index contributed by atoms with van der Waals surface area (Å²) in [5.74, 6) is -0.0581. The first-order valence-corrected chi connectivity index (χ1v) is 6.33. The van der Waals surface area contributed by atoms with Crippen molar-refractivity contribution < 1.29 is 4.79 Å². The van der Waals surface area contributed by atoms with Crippen LogP contribution in [0.1, 0.15) is 12.5 Å². The van der Waals surface area contributed by atoms with Crippen LogP contribution in [-0.2, 0) is 4.79 Å². The van der Waals surface area contributed by atoms with Gasteiger partial charge in [0, 0.05) is 20.0 Å². The molecular weight excluding hydrogens is 270 g/mol. The number of amides is 1. The van der Waals surface area contributed by atoms with Crippen molar-refractivity contribution in [2.45, 2.75) is 13.8 Å². The molecule has 0 heterocycles. The molecule has 6 heteroatoms. The van der Waals surface area contributed by atoms with E-state index in [4.69, 9.17) is 23.8 Å². The molecular formula is C12H16ClN3OS. The fourth-order valence-electron chi connectivity index (χ4n) is 1.30. The molecule has 0 aliphatic rings. The maximum atomic E-state index is 10.7. The number of rotatable bonds is 4. The predicted octanol–water partition coefficient (Wildman–Crippen LogP) is 2.07. The fraction of sp³-hybridized carbons (Fsp3) is 0.333. The van der Waals surface area contributed by atoms with Crippen LogP contribution in [0.4, 0.5) is 5.69 Å². The highest BCUT2D eigenvalue weighted by atomic mass is 35.5. The van der Waals surface area contributed by atoms with E-state index in [1.54, 1.807) is 0 Å². The van der Waals surface area contributed by atoms with E-state index in [9.17, 15) is 4.79 Å². The van der Waals surface area contributed by atoms with Gasteiger partial charge in [-0.1, -0.05) is 17.7 Å². The van der Waals surface area contributed by atoms with Crippen LogP contribution in [0.25, 0.3) is 0 Å². The van der Waals surface area contributed by atoms with Crippen molar-refractivity contribution in [3.05, 3.63) is 28.8 Å². The number of benzene rings is 1. The molecule has 0 radical (unpaired) electrons. The summed E-state index contributed by atoms with van der Waals surface area (Å²) >= 11 is 11.2. The Morgan fingerprint density at radius 2 is 2.00 bits per heavy atom. The molecule has 1 amide bonds. The first kappa shape index (κ1) is 14.7. The van der Waals surface area contributed by atoms with Crippen molar-refractivity contribution in [1.82, 2.24) is 10.6 Å². The second-order valence-corrected chi connectivity index (χ2v) is 4.66. The van der Waals surface area contributed by atoms with Crippen LogP contribution in [0, 0.1) is 6.92 Å². The largest absolute Gasteiger partial charge is 0.361 e. The Labute approximate surface area is 117 Å². The molecule has 98 valence electrons. The van der Waals surface area contributed by atoms with Gasteiger partial charge in [0.15, 0.2) is 5.11 Å². The third kappa shape index (κ3) is 5.33. The van der Waals surface area contributed by atoms with Crippen molar-refractivity contribution in [2.24, 2.45) is 0 Å². The van der Waals surface area contributed by atoms with Crippen LogP contribution >= 0.6 is 23.8 Å². The summed E-state index contributed by atoms with van der Waals surface area (Å²) in [6, 6.07) is 5.69. The van der Waals surface area contributed by atoms with Crippen LogP contribution in [0.2, 0.25) is 5.02 Å². The molecule has 1 aromatic carbocycles. The lowest BCUT2D eigenvalue weighted by molar-refractivity contribution is -0.118. The Balaban J connectivity index is 2.38. The summed E-state index contributed by atoms with van der Waals surface area (Å²) in [7, 11) is 0. The lowest BCUT2D eigenvalue weighted by atomic mass is 10.2. The average Bonchev–Trinajstić information content (AvgIpc) is 2.28. The second-order valence-electron chi connectivity index (χ2n) is 3.85. The lowest BCUT2D eigenvalue weighted by Crippen LogP contribution is -2.35. The number of hydrogen-bond acceptors (Lipinski definition) is 2. The van der Waals surface area contributed by atoms with Gasteiger partial charge in [-0.05, 0) is 36.8 Å². The normalized spacial score (nSPS) is 9.72. The Morgan fingerprint density at radius 3 is 2.61 bits per heavy atom. The fourth-order valence-corrected chi connectivity index (χ4v) is 1.80. The first-order valence-electron chi connectivity index (χ1n) is 5.54. The maximum Gasteiger partial charge on any atom is 0.216 e. The van der Waals surface area contributed by atoms with Crippen LogP contribution in [0.3, 0.4) is 0 Å². The van der Waals surface area contributed by atoms with Gasteiger partial charge >= 0.3 is 0 Å². The highest BCUT2D eigenvalue weighted by Gasteiger charge is 2.02. The Bertz CT molecular complexity index is 451. The number of nitrogens with one attached hydrogen (secondary N) is 3. The van der Waals surface area contributed by atoms with Crippen LogP contribution in [0.5, 0.6) is 0 Å². The summed E-state index contributed by atoms with van der Waals surface area (Å²) in [6.07, 6.45) is 0. The van der Waals surface area contributed by atoms with E-state index in [-0.39, 0.29) is 5.91 Å². The maximum absolute atomic E-state index is 10.7. The number of carbonyl (C=O) groups is 1. The van der Waals surface area contributed by atoms with E-state index in [0.29, 0.717) is 23.2 Å². The number of aryl methyl sites for hydroxylation is 1. The molecule has 0 aromatic heterocycles. The minimum absolute atomic E-state index is 0.0581. The smallest absolute Gasteiger partial charge is 0.216 e. The van der Waals surface area contributed by atoms with Crippen molar-refractivity contribution in [2.75, 3.05) is 18.4 Å². The lowest BCUT2D eigenvalue weighted by Gasteiger charge is -2.12. The molecule has 3 N–H and O–H groups in total. The zero-order valence-corrected chi connectivity index (χ0v) is 11.9. The summed E-state index contributed by atoms with van der Waals surface area (Å²) in [5.41, 5.74) is 1.86. The van der Waals surface area contributed by atoms with Crippen molar-refractivity contribution in [3.8, 4) is 0 Å². The van der Waals surface area contributed by atoms with Gasteiger partial charge in [-0.15, -0.1) is 0 Å². The van der Waals surface area contributed by atoms with Gasteiger partial charge in [0.05, 0.1) is 10.7 Å². The van der Waals surface area contributed by atoms with E-state index >= 15 is 0 Å². The highest BCUT2D eigenvalue weighted by molar-refractivity contribution is 7.80. The Hall–Kier alpha value is -1.33. The predicted molar refractivity (Wildman–Crippen MR) is 79.1 cm³/mol. The average molecular weight is 286 g/mol. The van der Waals surface area contributed by atoms with E-state index in [0.717, 1.165) is 11.3 Å². The zero-order chi connectivity index (χ0) is 13.5. The molecule has 0 unspecified atom stereocenters. The zero-order valence-electron chi connectivity index (χ0n) is 10.3. The summed E-state index contributed by atoms with van der Waals surface area (Å²) in [5, 5.41) is 9.75. The number of hydrogen-bond donors (Lipinski definition) is 3. The van der Waals surface area contributed by atoms with E-state index in [1.807, 2.05) is 25.1 Å². The van der Waals surface area contributed by atoms with Gasteiger partial charge in [-0.25, -0.2) is 0 Å². The number of halogens is 1. The van der Waals surface area contributed by atoms with Crippen LogP contribution < -0.4 is 16.0 Å². The van der Waals surface area contributed by atoms with Crippen molar-refractivity contribution in [1.29, 1.82) is 0 Å². The molecule has 18 heavy (non-hydrogen) atoms. The number of carbonyl (C=O) groups excluding carboxylic acids is 1. The third-order valence-electron chi connectivity index (χ3n) is 2.16. The van der Waals surface area contributed by atoms with E-state index < -0.39 is 0 Å². The van der Waals surface area contributed by atoms with Gasteiger partial charge in [-0.3, -0.25) is 4.79 Å². The summed E-state index contributed by atoms with van der Waals surface area (Å²) < 4.78 is 0. The summed E-state index contributed by atoms with van der Waals surface area (Å²) in [6.45, 7) is 4.54. The minimum atomic E-state index is -0.0581. The van der Waals surface area contributed by atoms with Crippen molar-refractivity contribution in [3.63, 3.8) is 0 Å². The van der Waals surface area contributed by atoms with Gasteiger partial charge in [-0.2, -0.15) is 0 Å². The topological polar surface area (TPSA) is 53.2 Å². The Kier molecular flexibility index (Phi) is 5.88. The molecule has 0 aliphatic heterocycles. The number of anilines is 1. The third-order valence-corrected chi connectivity index (χ3v) is 2.72. The molecule has 0 spiro atoms. The van der Waals surface area contributed by atoms with Gasteiger partial charge in [0.25, 0.3) is 0 Å². The van der Waals surface area contributed by atoms with Crippen LogP contribution in [-0.4, -0.2) is 24.1 Å². The van der Waals surface area contributed by atoms with E-state index in [2.05, 4.69) is 16.0 Å². The molecule has 0 saturated carbocycles. The summed E-state index contributed by atoms with van der Waals surface area (Å²) in [4.78, 5) is 10.7. The molecule has 0 atom stereocenters. The first-order chi connectivity index (χ1) is 8.49. The quantitative estimate of drug-likeness (QED) is 0.586. The second kappa shape index (κ2) is 7.18. The SMILES string of the molecule is CC(=O)NCCNC(=S)Nc1ccc(C)cc1Cl. The Morgan fingerprint density at radius 1 is 1.33 bits per heavy atom. The van der Waals surface area contributed by atoms with Gasteiger partial charge in [0.1, 0.15) is 0 Å². The molecule has 1 aromatic rings. The molecule has 0 fully saturated rings. The van der Waals surface area contributed by atoms with Crippen LogP contribution in [0.15, 0.2) is 18.2 Å². The monoisotopic (exact) mass is 285 g/mol. The van der Waals surface area contributed by atoms with E-state index in [1.165, 1.54) is 6.92 Å². The molecule has 1 rings (SSSR count). The number of thiocarbonyl (C=S) groups is 1. The van der Waals surface area contributed by atoms with Gasteiger partial charge < -0.3 is 16.0 Å². The standard InChI is InChI=1S/C12H16ClN3OS/c1-8-3-4-11(10(13)7-8)16-12(18)15-6-5-14-9(2)17/h3-4,7H,5-6H2,1-2H3,(H,14,17)(H2,15,16,18). The minimum Gasteiger partial charge on any atom is -0.361 e. The molecule has 4 nitrogen and oxygen atoms in total.